The van der Waals surface area contributed by atoms with Crippen molar-refractivity contribution in [1.82, 2.24) is 10.6 Å². The van der Waals surface area contributed by atoms with E-state index in [1.807, 2.05) is 13.0 Å². The molecule has 0 atom stereocenters. The fourth-order valence-electron chi connectivity index (χ4n) is 1.73. The maximum atomic E-state index is 13.0. The SMILES string of the molecule is CCCCCNC(=NCc1cccc(F)c1)NCC.I. The van der Waals surface area contributed by atoms with Crippen LogP contribution in [0.25, 0.3) is 0 Å². The van der Waals surface area contributed by atoms with Crippen molar-refractivity contribution in [1.29, 1.82) is 0 Å². The zero-order valence-electron chi connectivity index (χ0n) is 12.3. The molecule has 20 heavy (non-hydrogen) atoms. The molecule has 0 aliphatic heterocycles. The van der Waals surface area contributed by atoms with Crippen LogP contribution in [0.1, 0.15) is 38.7 Å². The third kappa shape index (κ3) is 8.35. The fraction of sp³-hybridized carbons (Fsp3) is 0.533. The highest BCUT2D eigenvalue weighted by Gasteiger charge is 1.98. The highest BCUT2D eigenvalue weighted by molar-refractivity contribution is 14.0. The van der Waals surface area contributed by atoms with Crippen LogP contribution in [-0.2, 0) is 6.54 Å². The number of aliphatic imine (C=N–C) groups is 1. The summed E-state index contributed by atoms with van der Waals surface area (Å²) in [5.74, 6) is 0.580. The molecule has 1 aromatic carbocycles. The number of benzene rings is 1. The Labute approximate surface area is 138 Å². The molecular weight excluding hydrogens is 368 g/mol. The molecule has 0 radical (unpaired) electrons. The summed E-state index contributed by atoms with van der Waals surface area (Å²) in [6, 6.07) is 6.56. The van der Waals surface area contributed by atoms with Gasteiger partial charge in [-0.2, -0.15) is 0 Å². The van der Waals surface area contributed by atoms with E-state index in [9.17, 15) is 4.39 Å². The summed E-state index contributed by atoms with van der Waals surface area (Å²) >= 11 is 0. The Morgan fingerprint density at radius 2 is 2.00 bits per heavy atom. The smallest absolute Gasteiger partial charge is 0.191 e. The lowest BCUT2D eigenvalue weighted by Crippen LogP contribution is -2.37. The quantitative estimate of drug-likeness (QED) is 0.321. The minimum atomic E-state index is -0.214. The Morgan fingerprint density at radius 1 is 1.20 bits per heavy atom. The van der Waals surface area contributed by atoms with Crippen molar-refractivity contribution < 1.29 is 4.39 Å². The van der Waals surface area contributed by atoms with Gasteiger partial charge in [0.2, 0.25) is 0 Å². The molecule has 1 aromatic rings. The summed E-state index contributed by atoms with van der Waals surface area (Å²) in [6.45, 7) is 6.45. The number of nitrogens with one attached hydrogen (secondary N) is 2. The van der Waals surface area contributed by atoms with Crippen LogP contribution < -0.4 is 10.6 Å². The van der Waals surface area contributed by atoms with Crippen LogP contribution in [0, 0.1) is 5.82 Å². The molecule has 0 fully saturated rings. The maximum absolute atomic E-state index is 13.0. The summed E-state index contributed by atoms with van der Waals surface area (Å²) in [5, 5.41) is 6.48. The molecule has 0 aromatic heterocycles. The van der Waals surface area contributed by atoms with Crippen LogP contribution in [0.4, 0.5) is 4.39 Å². The lowest BCUT2D eigenvalue weighted by molar-refractivity contribution is 0.625. The van der Waals surface area contributed by atoms with Gasteiger partial charge in [0, 0.05) is 13.1 Å². The Kier molecular flexibility index (Phi) is 11.4. The number of guanidine groups is 1. The minimum absolute atomic E-state index is 0. The van der Waals surface area contributed by atoms with Gasteiger partial charge >= 0.3 is 0 Å². The lowest BCUT2D eigenvalue weighted by Gasteiger charge is -2.11. The third-order valence-corrected chi connectivity index (χ3v) is 2.73. The average molecular weight is 393 g/mol. The van der Waals surface area contributed by atoms with E-state index in [4.69, 9.17) is 0 Å². The van der Waals surface area contributed by atoms with E-state index < -0.39 is 0 Å². The molecule has 3 nitrogen and oxygen atoms in total. The number of rotatable bonds is 7. The third-order valence-electron chi connectivity index (χ3n) is 2.73. The van der Waals surface area contributed by atoms with E-state index >= 15 is 0 Å². The van der Waals surface area contributed by atoms with Crippen LogP contribution in [-0.4, -0.2) is 19.0 Å². The van der Waals surface area contributed by atoms with Gasteiger partial charge in [-0.25, -0.2) is 9.38 Å². The monoisotopic (exact) mass is 393 g/mol. The van der Waals surface area contributed by atoms with Gasteiger partial charge in [0.15, 0.2) is 5.96 Å². The molecule has 0 aliphatic rings. The maximum Gasteiger partial charge on any atom is 0.191 e. The number of halogens is 2. The van der Waals surface area contributed by atoms with Gasteiger partial charge < -0.3 is 10.6 Å². The molecule has 2 N–H and O–H groups in total. The van der Waals surface area contributed by atoms with Gasteiger partial charge in [0.1, 0.15) is 5.82 Å². The Hall–Kier alpha value is -0.850. The number of hydrogen-bond donors (Lipinski definition) is 2. The largest absolute Gasteiger partial charge is 0.357 e. The second-order valence-electron chi connectivity index (χ2n) is 4.46. The van der Waals surface area contributed by atoms with Crippen LogP contribution in [0.3, 0.4) is 0 Å². The molecule has 1 rings (SSSR count). The minimum Gasteiger partial charge on any atom is -0.357 e. The summed E-state index contributed by atoms with van der Waals surface area (Å²) < 4.78 is 13.0. The standard InChI is InChI=1S/C15H24FN3.HI/c1-3-5-6-10-18-15(17-4-2)19-12-13-8-7-9-14(16)11-13;/h7-9,11H,3-6,10,12H2,1-2H3,(H2,17,18,19);1H. The fourth-order valence-corrected chi connectivity index (χ4v) is 1.73. The van der Waals surface area contributed by atoms with E-state index in [0.29, 0.717) is 6.54 Å². The van der Waals surface area contributed by atoms with Crippen molar-refractivity contribution in [2.75, 3.05) is 13.1 Å². The van der Waals surface area contributed by atoms with Crippen LogP contribution in [0.5, 0.6) is 0 Å². The van der Waals surface area contributed by atoms with E-state index in [2.05, 4.69) is 22.5 Å². The molecule has 114 valence electrons. The number of unbranched alkanes of at least 4 members (excludes halogenated alkanes) is 2. The summed E-state index contributed by atoms with van der Waals surface area (Å²) in [7, 11) is 0. The van der Waals surface area contributed by atoms with Crippen molar-refractivity contribution in [3.05, 3.63) is 35.6 Å². The molecule has 0 bridgehead atoms. The molecule has 0 spiro atoms. The molecule has 0 saturated heterocycles. The molecule has 0 unspecified atom stereocenters. The van der Waals surface area contributed by atoms with Crippen molar-refractivity contribution >= 4 is 29.9 Å². The highest BCUT2D eigenvalue weighted by Crippen LogP contribution is 2.04. The molecular formula is C15H25FIN3. The second kappa shape index (κ2) is 11.9. The molecule has 5 heteroatoms. The van der Waals surface area contributed by atoms with Crippen molar-refractivity contribution in [3.63, 3.8) is 0 Å². The number of nitrogens with zero attached hydrogens (tertiary/aromatic N) is 1. The van der Waals surface area contributed by atoms with Crippen molar-refractivity contribution in [2.45, 2.75) is 39.7 Å². The first kappa shape index (κ1) is 19.1. The van der Waals surface area contributed by atoms with Gasteiger partial charge in [-0.05, 0) is 31.0 Å². The van der Waals surface area contributed by atoms with Crippen molar-refractivity contribution in [2.24, 2.45) is 4.99 Å². The van der Waals surface area contributed by atoms with E-state index in [1.165, 1.54) is 25.0 Å². The summed E-state index contributed by atoms with van der Waals surface area (Å²) in [5.41, 5.74) is 0.880. The van der Waals surface area contributed by atoms with Gasteiger partial charge in [-0.1, -0.05) is 31.9 Å². The highest BCUT2D eigenvalue weighted by atomic mass is 127. The van der Waals surface area contributed by atoms with E-state index in [1.54, 1.807) is 6.07 Å². The van der Waals surface area contributed by atoms with Crippen LogP contribution in [0.15, 0.2) is 29.3 Å². The summed E-state index contributed by atoms with van der Waals surface area (Å²) in [6.07, 6.45) is 3.57. The van der Waals surface area contributed by atoms with E-state index in [-0.39, 0.29) is 29.8 Å². The van der Waals surface area contributed by atoms with Crippen LogP contribution >= 0.6 is 24.0 Å². The predicted octanol–water partition coefficient (Wildman–Crippen LogP) is 3.69. The molecule has 0 saturated carbocycles. The Bertz CT molecular complexity index is 396. The Balaban J connectivity index is 0.00000361. The first-order valence-corrected chi connectivity index (χ1v) is 7.03. The topological polar surface area (TPSA) is 36.4 Å². The first-order chi connectivity index (χ1) is 9.26. The first-order valence-electron chi connectivity index (χ1n) is 7.03. The number of hydrogen-bond acceptors (Lipinski definition) is 1. The van der Waals surface area contributed by atoms with E-state index in [0.717, 1.165) is 31.0 Å². The van der Waals surface area contributed by atoms with Gasteiger partial charge in [0.25, 0.3) is 0 Å². The Morgan fingerprint density at radius 3 is 2.65 bits per heavy atom. The lowest BCUT2D eigenvalue weighted by atomic mass is 10.2. The van der Waals surface area contributed by atoms with Gasteiger partial charge in [-0.15, -0.1) is 24.0 Å². The normalized spacial score (nSPS) is 10.8. The molecule has 0 amide bonds. The summed E-state index contributed by atoms with van der Waals surface area (Å²) in [4.78, 5) is 4.45. The molecule has 0 aliphatic carbocycles. The second-order valence-corrected chi connectivity index (χ2v) is 4.46. The van der Waals surface area contributed by atoms with Crippen LogP contribution in [0.2, 0.25) is 0 Å². The van der Waals surface area contributed by atoms with Crippen molar-refractivity contribution in [3.8, 4) is 0 Å². The predicted molar refractivity (Wildman–Crippen MR) is 94.2 cm³/mol. The zero-order valence-corrected chi connectivity index (χ0v) is 14.6. The molecule has 0 heterocycles. The average Bonchev–Trinajstić information content (AvgIpc) is 2.41. The zero-order chi connectivity index (χ0) is 13.9. The van der Waals surface area contributed by atoms with Gasteiger partial charge in [-0.3, -0.25) is 0 Å². The van der Waals surface area contributed by atoms with Gasteiger partial charge in [0.05, 0.1) is 6.54 Å².